The largest absolute Gasteiger partial charge is 0.390 e. The topological polar surface area (TPSA) is 40.5 Å². The maximum Gasteiger partial charge on any atom is 0.0897 e. The molecule has 2 N–H and O–H groups in total. The average Bonchev–Trinajstić information content (AvgIpc) is 2.52. The van der Waals surface area contributed by atoms with Crippen molar-refractivity contribution in [3.8, 4) is 0 Å². The van der Waals surface area contributed by atoms with Crippen LogP contribution in [0.15, 0.2) is 0 Å². The summed E-state index contributed by atoms with van der Waals surface area (Å²) in [6.45, 7) is 0. The highest BCUT2D eigenvalue weighted by Crippen LogP contribution is 2.31. The van der Waals surface area contributed by atoms with Crippen LogP contribution in [0.2, 0.25) is 0 Å². The SMILES string of the molecule is O[C@@H](CSC1CCCCC1)[C@@H](O)CSC1CCCCC1. The highest BCUT2D eigenvalue weighted by atomic mass is 32.2. The fourth-order valence-corrected chi connectivity index (χ4v) is 5.87. The first-order valence-electron chi connectivity index (χ1n) is 8.35. The predicted molar refractivity (Wildman–Crippen MR) is 90.7 cm³/mol. The summed E-state index contributed by atoms with van der Waals surface area (Å²) in [7, 11) is 0. The van der Waals surface area contributed by atoms with Gasteiger partial charge in [0.05, 0.1) is 12.2 Å². The van der Waals surface area contributed by atoms with Gasteiger partial charge in [-0.05, 0) is 25.7 Å². The van der Waals surface area contributed by atoms with E-state index in [1.165, 1.54) is 64.2 Å². The second-order valence-corrected chi connectivity index (χ2v) is 8.99. The van der Waals surface area contributed by atoms with Gasteiger partial charge < -0.3 is 10.2 Å². The molecule has 2 aliphatic carbocycles. The molecule has 0 spiro atoms. The van der Waals surface area contributed by atoms with Crippen LogP contribution in [0, 0.1) is 0 Å². The van der Waals surface area contributed by atoms with Crippen molar-refractivity contribution in [1.29, 1.82) is 0 Å². The summed E-state index contributed by atoms with van der Waals surface area (Å²) >= 11 is 3.75. The van der Waals surface area contributed by atoms with Crippen molar-refractivity contribution in [3.05, 3.63) is 0 Å². The lowest BCUT2D eigenvalue weighted by atomic mass is 10.0. The normalized spacial score (nSPS) is 25.5. The van der Waals surface area contributed by atoms with Crippen LogP contribution < -0.4 is 0 Å². The molecule has 0 bridgehead atoms. The minimum atomic E-state index is -0.544. The van der Waals surface area contributed by atoms with Gasteiger partial charge in [0.25, 0.3) is 0 Å². The average molecular weight is 319 g/mol. The van der Waals surface area contributed by atoms with E-state index in [9.17, 15) is 10.2 Å². The molecule has 0 aromatic rings. The van der Waals surface area contributed by atoms with E-state index < -0.39 is 12.2 Å². The molecule has 0 aromatic heterocycles. The maximum atomic E-state index is 10.1. The molecule has 2 atom stereocenters. The van der Waals surface area contributed by atoms with Gasteiger partial charge in [0.1, 0.15) is 0 Å². The maximum absolute atomic E-state index is 10.1. The zero-order valence-electron chi connectivity index (χ0n) is 12.5. The van der Waals surface area contributed by atoms with E-state index in [1.54, 1.807) is 0 Å². The van der Waals surface area contributed by atoms with Crippen molar-refractivity contribution in [3.63, 3.8) is 0 Å². The molecule has 4 heteroatoms. The van der Waals surface area contributed by atoms with E-state index in [1.807, 2.05) is 23.5 Å². The van der Waals surface area contributed by atoms with Crippen molar-refractivity contribution in [2.75, 3.05) is 11.5 Å². The van der Waals surface area contributed by atoms with E-state index in [2.05, 4.69) is 0 Å². The molecule has 0 radical (unpaired) electrons. The summed E-state index contributed by atoms with van der Waals surface area (Å²) in [5.74, 6) is 1.41. The number of rotatable bonds is 7. The van der Waals surface area contributed by atoms with Crippen LogP contribution in [-0.4, -0.2) is 44.4 Å². The predicted octanol–water partition coefficient (Wildman–Crippen LogP) is 3.84. The Bertz CT molecular complexity index is 225. The number of aliphatic hydroxyl groups is 2. The minimum absolute atomic E-state index is 0.544. The van der Waals surface area contributed by atoms with E-state index in [0.29, 0.717) is 11.5 Å². The highest BCUT2D eigenvalue weighted by Gasteiger charge is 2.22. The lowest BCUT2D eigenvalue weighted by Crippen LogP contribution is -2.32. The highest BCUT2D eigenvalue weighted by molar-refractivity contribution is 8.00. The van der Waals surface area contributed by atoms with Gasteiger partial charge in [0.15, 0.2) is 0 Å². The van der Waals surface area contributed by atoms with E-state index in [0.717, 1.165) is 10.5 Å². The molecule has 2 nitrogen and oxygen atoms in total. The first-order chi connectivity index (χ1) is 9.75. The molecule has 118 valence electrons. The van der Waals surface area contributed by atoms with Crippen LogP contribution >= 0.6 is 23.5 Å². The summed E-state index contributed by atoms with van der Waals surface area (Å²) in [4.78, 5) is 0. The number of hydrogen-bond acceptors (Lipinski definition) is 4. The van der Waals surface area contributed by atoms with E-state index >= 15 is 0 Å². The van der Waals surface area contributed by atoms with E-state index in [-0.39, 0.29) is 0 Å². The van der Waals surface area contributed by atoms with Gasteiger partial charge in [-0.2, -0.15) is 23.5 Å². The Hall–Kier alpha value is 0.620. The first kappa shape index (κ1) is 17.0. The van der Waals surface area contributed by atoms with Crippen LogP contribution in [0.4, 0.5) is 0 Å². The molecule has 0 aliphatic heterocycles. The molecule has 2 rings (SSSR count). The van der Waals surface area contributed by atoms with Crippen LogP contribution in [0.25, 0.3) is 0 Å². The fourth-order valence-electron chi connectivity index (χ4n) is 3.16. The Morgan fingerprint density at radius 3 is 1.35 bits per heavy atom. The first-order valence-corrected chi connectivity index (χ1v) is 10.4. The second-order valence-electron chi connectivity index (χ2n) is 6.32. The van der Waals surface area contributed by atoms with Gasteiger partial charge >= 0.3 is 0 Å². The van der Waals surface area contributed by atoms with Crippen molar-refractivity contribution < 1.29 is 10.2 Å². The van der Waals surface area contributed by atoms with Crippen LogP contribution in [-0.2, 0) is 0 Å². The Morgan fingerprint density at radius 2 is 1.00 bits per heavy atom. The fraction of sp³-hybridized carbons (Fsp3) is 1.00. The second kappa shape index (κ2) is 9.60. The summed E-state index contributed by atoms with van der Waals surface area (Å²) in [5.41, 5.74) is 0. The quantitative estimate of drug-likeness (QED) is 0.748. The molecule has 0 aromatic carbocycles. The Labute approximate surface area is 132 Å². The Morgan fingerprint density at radius 1 is 0.650 bits per heavy atom. The number of thioether (sulfide) groups is 2. The summed E-state index contributed by atoms with van der Waals surface area (Å²) in [6, 6.07) is 0. The Kier molecular flexibility index (Phi) is 8.15. The van der Waals surface area contributed by atoms with Crippen molar-refractivity contribution in [1.82, 2.24) is 0 Å². The van der Waals surface area contributed by atoms with Crippen LogP contribution in [0.3, 0.4) is 0 Å². The number of aliphatic hydroxyl groups excluding tert-OH is 2. The van der Waals surface area contributed by atoms with Crippen LogP contribution in [0.5, 0.6) is 0 Å². The monoisotopic (exact) mass is 318 g/mol. The standard InChI is InChI=1S/C16H30O2S2/c17-15(11-19-13-7-3-1-4-8-13)16(18)12-20-14-9-5-2-6-10-14/h13-18H,1-12H2/t15-,16-/m0/s1. The van der Waals surface area contributed by atoms with Crippen molar-refractivity contribution in [2.24, 2.45) is 0 Å². The Balaban J connectivity index is 1.57. The molecule has 0 heterocycles. The van der Waals surface area contributed by atoms with Gasteiger partial charge in [-0.3, -0.25) is 0 Å². The third-order valence-corrected chi connectivity index (χ3v) is 7.51. The third-order valence-electron chi connectivity index (χ3n) is 4.55. The summed E-state index contributed by atoms with van der Waals surface area (Å²) in [6.07, 6.45) is 12.2. The molecule has 20 heavy (non-hydrogen) atoms. The minimum Gasteiger partial charge on any atom is -0.390 e. The van der Waals surface area contributed by atoms with Gasteiger partial charge in [-0.25, -0.2) is 0 Å². The van der Waals surface area contributed by atoms with Crippen molar-refractivity contribution >= 4 is 23.5 Å². The molecule has 0 unspecified atom stereocenters. The van der Waals surface area contributed by atoms with Gasteiger partial charge in [-0.15, -0.1) is 0 Å². The van der Waals surface area contributed by atoms with Crippen molar-refractivity contribution in [2.45, 2.75) is 86.9 Å². The zero-order valence-corrected chi connectivity index (χ0v) is 14.1. The molecule has 2 aliphatic rings. The molecule has 0 amide bonds. The van der Waals surface area contributed by atoms with Gasteiger partial charge in [0.2, 0.25) is 0 Å². The third kappa shape index (κ3) is 6.17. The molecular weight excluding hydrogens is 288 g/mol. The van der Waals surface area contributed by atoms with Gasteiger partial charge in [0, 0.05) is 22.0 Å². The summed E-state index contributed by atoms with van der Waals surface area (Å²) in [5, 5.41) is 21.6. The molecule has 0 saturated heterocycles. The molecule has 2 fully saturated rings. The smallest absolute Gasteiger partial charge is 0.0897 e. The zero-order chi connectivity index (χ0) is 14.2. The van der Waals surface area contributed by atoms with Gasteiger partial charge in [-0.1, -0.05) is 38.5 Å². The lowest BCUT2D eigenvalue weighted by Gasteiger charge is -2.25. The summed E-state index contributed by atoms with van der Waals surface area (Å²) < 4.78 is 0. The van der Waals surface area contributed by atoms with Crippen LogP contribution in [0.1, 0.15) is 64.2 Å². The molecule has 2 saturated carbocycles. The lowest BCUT2D eigenvalue weighted by molar-refractivity contribution is 0.0498. The van der Waals surface area contributed by atoms with E-state index in [4.69, 9.17) is 0 Å². The number of hydrogen-bond donors (Lipinski definition) is 2. The molecular formula is C16H30O2S2.